The summed E-state index contributed by atoms with van der Waals surface area (Å²) in [5.41, 5.74) is 0.0152. The number of barbiturate groups is 1. The van der Waals surface area contributed by atoms with E-state index in [0.717, 1.165) is 19.6 Å². The van der Waals surface area contributed by atoms with Gasteiger partial charge in [0, 0.05) is 23.8 Å². The fourth-order valence-electron chi connectivity index (χ4n) is 1.65. The minimum Gasteiger partial charge on any atom is -0.268 e. The van der Waals surface area contributed by atoms with Crippen LogP contribution >= 0.6 is 11.3 Å². The van der Waals surface area contributed by atoms with Crippen LogP contribution in [0.15, 0.2) is 17.7 Å². The van der Waals surface area contributed by atoms with E-state index in [0.29, 0.717) is 0 Å². The molecule has 18 heavy (non-hydrogen) atoms. The first-order valence-electron chi connectivity index (χ1n) is 5.30. The van der Waals surface area contributed by atoms with Crippen LogP contribution in [0, 0.1) is 6.92 Å². The molecule has 1 aliphatic rings. The Morgan fingerprint density at radius 3 is 2.06 bits per heavy atom. The van der Waals surface area contributed by atoms with Crippen LogP contribution in [-0.2, 0) is 9.59 Å². The molecule has 0 radical (unpaired) electrons. The van der Waals surface area contributed by atoms with E-state index in [9.17, 15) is 14.4 Å². The molecule has 0 spiro atoms. The topological polar surface area (TPSA) is 57.7 Å². The largest absolute Gasteiger partial charge is 0.333 e. The Bertz CT molecular complexity index is 548. The van der Waals surface area contributed by atoms with Crippen molar-refractivity contribution in [3.8, 4) is 0 Å². The van der Waals surface area contributed by atoms with E-state index >= 15 is 0 Å². The summed E-state index contributed by atoms with van der Waals surface area (Å²) in [6.07, 6.45) is 1.53. The highest BCUT2D eigenvalue weighted by molar-refractivity contribution is 7.12. The second-order valence-electron chi connectivity index (χ2n) is 4.02. The summed E-state index contributed by atoms with van der Waals surface area (Å²) in [6, 6.07) is 3.14. The van der Waals surface area contributed by atoms with Crippen LogP contribution in [0.3, 0.4) is 0 Å². The molecule has 2 heterocycles. The van der Waals surface area contributed by atoms with Gasteiger partial charge in [0.25, 0.3) is 11.8 Å². The summed E-state index contributed by atoms with van der Waals surface area (Å²) in [7, 11) is 2.72. The van der Waals surface area contributed by atoms with Gasteiger partial charge in [0.15, 0.2) is 0 Å². The summed E-state index contributed by atoms with van der Waals surface area (Å²) in [5, 5.41) is 0. The molecule has 0 bridgehead atoms. The maximum Gasteiger partial charge on any atom is 0.333 e. The Labute approximate surface area is 108 Å². The number of likely N-dealkylation sites (N-methyl/N-ethyl adjacent to an activating group) is 2. The number of aryl methyl sites for hydroxylation is 1. The van der Waals surface area contributed by atoms with Gasteiger partial charge >= 0.3 is 6.03 Å². The number of rotatable bonds is 1. The fourth-order valence-corrected chi connectivity index (χ4v) is 2.47. The summed E-state index contributed by atoms with van der Waals surface area (Å²) >= 11 is 1.49. The first kappa shape index (κ1) is 12.5. The summed E-state index contributed by atoms with van der Waals surface area (Å²) in [4.78, 5) is 39.1. The third kappa shape index (κ3) is 1.95. The van der Waals surface area contributed by atoms with Crippen LogP contribution in [0.5, 0.6) is 0 Å². The highest BCUT2D eigenvalue weighted by Gasteiger charge is 2.37. The molecule has 0 saturated carbocycles. The average molecular weight is 264 g/mol. The molecule has 0 unspecified atom stereocenters. The molecule has 4 amide bonds. The summed E-state index contributed by atoms with van der Waals surface area (Å²) in [6.45, 7) is 1.94. The van der Waals surface area contributed by atoms with Gasteiger partial charge in [0.1, 0.15) is 5.57 Å². The third-order valence-electron chi connectivity index (χ3n) is 2.69. The standard InChI is InChI=1S/C12H12N2O3S/c1-7-4-5-8(18-7)6-9-10(15)13(2)12(17)14(3)11(9)16/h4-6H,1-3H3. The smallest absolute Gasteiger partial charge is 0.268 e. The van der Waals surface area contributed by atoms with Gasteiger partial charge in [-0.15, -0.1) is 11.3 Å². The molecular formula is C12H12N2O3S. The lowest BCUT2D eigenvalue weighted by Gasteiger charge is -2.28. The van der Waals surface area contributed by atoms with E-state index in [2.05, 4.69) is 0 Å². The van der Waals surface area contributed by atoms with E-state index in [1.807, 2.05) is 19.1 Å². The first-order chi connectivity index (χ1) is 8.41. The minimum absolute atomic E-state index is 0.0152. The number of carbonyl (C=O) groups excluding carboxylic acids is 3. The molecule has 1 saturated heterocycles. The van der Waals surface area contributed by atoms with Crippen molar-refractivity contribution in [2.45, 2.75) is 6.92 Å². The van der Waals surface area contributed by atoms with Crippen LogP contribution in [-0.4, -0.2) is 41.7 Å². The molecule has 5 nitrogen and oxygen atoms in total. The third-order valence-corrected chi connectivity index (χ3v) is 3.64. The maximum atomic E-state index is 11.9. The molecule has 2 rings (SSSR count). The zero-order valence-corrected chi connectivity index (χ0v) is 11.1. The highest BCUT2D eigenvalue weighted by Crippen LogP contribution is 2.22. The van der Waals surface area contributed by atoms with Crippen molar-refractivity contribution < 1.29 is 14.4 Å². The molecule has 1 fully saturated rings. The van der Waals surface area contributed by atoms with Gasteiger partial charge in [-0.05, 0) is 25.1 Å². The number of thiophene rings is 1. The van der Waals surface area contributed by atoms with Crippen molar-refractivity contribution in [1.82, 2.24) is 9.80 Å². The van der Waals surface area contributed by atoms with Crippen molar-refractivity contribution in [3.05, 3.63) is 27.5 Å². The number of imide groups is 2. The van der Waals surface area contributed by atoms with Crippen LogP contribution < -0.4 is 0 Å². The first-order valence-corrected chi connectivity index (χ1v) is 6.11. The van der Waals surface area contributed by atoms with Crippen LogP contribution in [0.1, 0.15) is 9.75 Å². The molecule has 0 aliphatic carbocycles. The SMILES string of the molecule is Cc1ccc(C=C2C(=O)N(C)C(=O)N(C)C2=O)s1. The molecule has 1 aromatic rings. The highest BCUT2D eigenvalue weighted by atomic mass is 32.1. The lowest BCUT2D eigenvalue weighted by molar-refractivity contribution is -0.134. The van der Waals surface area contributed by atoms with Crippen LogP contribution in [0.2, 0.25) is 0 Å². The second-order valence-corrected chi connectivity index (χ2v) is 5.34. The zero-order valence-electron chi connectivity index (χ0n) is 10.3. The number of urea groups is 1. The van der Waals surface area contributed by atoms with Crippen molar-refractivity contribution in [1.29, 1.82) is 0 Å². The van der Waals surface area contributed by atoms with E-state index in [-0.39, 0.29) is 5.57 Å². The van der Waals surface area contributed by atoms with E-state index in [4.69, 9.17) is 0 Å². The van der Waals surface area contributed by atoms with Crippen molar-refractivity contribution in [2.24, 2.45) is 0 Å². The monoisotopic (exact) mass is 264 g/mol. The summed E-state index contributed by atoms with van der Waals surface area (Å²) in [5.74, 6) is -1.12. The Morgan fingerprint density at radius 1 is 1.06 bits per heavy atom. The van der Waals surface area contributed by atoms with Crippen molar-refractivity contribution >= 4 is 35.3 Å². The molecule has 1 aromatic heterocycles. The van der Waals surface area contributed by atoms with E-state index in [1.54, 1.807) is 0 Å². The van der Waals surface area contributed by atoms with Gasteiger partial charge in [-0.2, -0.15) is 0 Å². The van der Waals surface area contributed by atoms with E-state index in [1.165, 1.54) is 31.5 Å². The Hall–Kier alpha value is -1.95. The van der Waals surface area contributed by atoms with Crippen molar-refractivity contribution in [3.63, 3.8) is 0 Å². The van der Waals surface area contributed by atoms with Crippen LogP contribution in [0.4, 0.5) is 4.79 Å². The number of hydrogen-bond donors (Lipinski definition) is 0. The molecule has 1 aliphatic heterocycles. The summed E-state index contributed by atoms with van der Waals surface area (Å²) < 4.78 is 0. The fraction of sp³-hybridized carbons (Fsp3) is 0.250. The lowest BCUT2D eigenvalue weighted by atomic mass is 10.1. The van der Waals surface area contributed by atoms with Crippen molar-refractivity contribution in [2.75, 3.05) is 14.1 Å². The van der Waals surface area contributed by atoms with Crippen LogP contribution in [0.25, 0.3) is 6.08 Å². The lowest BCUT2D eigenvalue weighted by Crippen LogP contribution is -2.52. The van der Waals surface area contributed by atoms with Gasteiger partial charge in [-0.3, -0.25) is 19.4 Å². The molecule has 94 valence electrons. The molecule has 0 aromatic carbocycles. The quantitative estimate of drug-likeness (QED) is 0.570. The second kappa shape index (κ2) is 4.38. The number of nitrogens with zero attached hydrogens (tertiary/aromatic N) is 2. The normalized spacial score (nSPS) is 16.6. The Balaban J connectivity index is 2.43. The van der Waals surface area contributed by atoms with E-state index < -0.39 is 17.8 Å². The van der Waals surface area contributed by atoms with Gasteiger partial charge in [0.2, 0.25) is 0 Å². The molecular weight excluding hydrogens is 252 g/mol. The van der Waals surface area contributed by atoms with Gasteiger partial charge in [-0.1, -0.05) is 0 Å². The zero-order chi connectivity index (χ0) is 13.4. The molecule has 6 heteroatoms. The Morgan fingerprint density at radius 2 is 1.61 bits per heavy atom. The minimum atomic E-state index is -0.607. The number of carbonyl (C=O) groups is 3. The maximum absolute atomic E-state index is 11.9. The van der Waals surface area contributed by atoms with Gasteiger partial charge in [-0.25, -0.2) is 4.79 Å². The number of amides is 4. The Kier molecular flexibility index (Phi) is 3.04. The number of hydrogen-bond acceptors (Lipinski definition) is 4. The van der Waals surface area contributed by atoms with Gasteiger partial charge < -0.3 is 0 Å². The predicted octanol–water partition coefficient (Wildman–Crippen LogP) is 1.49. The molecule has 0 atom stereocenters. The predicted molar refractivity (Wildman–Crippen MR) is 68.0 cm³/mol. The molecule has 0 N–H and O–H groups in total. The van der Waals surface area contributed by atoms with Gasteiger partial charge in [0.05, 0.1) is 0 Å². The average Bonchev–Trinajstić information content (AvgIpc) is 2.75.